The molecular formula is C25H24ClFN2O4. The minimum Gasteiger partial charge on any atom is -0.487 e. The number of para-hydroxylation sites is 2. The number of amides is 1. The monoisotopic (exact) mass is 470 g/mol. The maximum atomic E-state index is 14.2. The van der Waals surface area contributed by atoms with Crippen LogP contribution >= 0.6 is 11.6 Å². The van der Waals surface area contributed by atoms with E-state index < -0.39 is 0 Å². The highest BCUT2D eigenvalue weighted by molar-refractivity contribution is 6.31. The van der Waals surface area contributed by atoms with Crippen LogP contribution < -0.4 is 14.8 Å². The Morgan fingerprint density at radius 3 is 2.58 bits per heavy atom. The summed E-state index contributed by atoms with van der Waals surface area (Å²) in [6, 6.07) is 18.8. The average Bonchev–Trinajstić information content (AvgIpc) is 2.80. The van der Waals surface area contributed by atoms with Gasteiger partial charge in [0.15, 0.2) is 17.2 Å². The number of nitrogens with zero attached hydrogens (tertiary/aromatic N) is 1. The molecule has 3 aromatic rings. The van der Waals surface area contributed by atoms with Crippen molar-refractivity contribution < 1.29 is 23.4 Å². The molecule has 0 saturated carbocycles. The van der Waals surface area contributed by atoms with Crippen LogP contribution in [0.3, 0.4) is 0 Å². The van der Waals surface area contributed by atoms with E-state index in [1.165, 1.54) is 6.07 Å². The van der Waals surface area contributed by atoms with Gasteiger partial charge in [-0.15, -0.1) is 0 Å². The molecule has 0 unspecified atom stereocenters. The zero-order valence-electron chi connectivity index (χ0n) is 17.9. The predicted molar refractivity (Wildman–Crippen MR) is 125 cm³/mol. The molecule has 1 heterocycles. The number of nitrogens with one attached hydrogen (secondary N) is 1. The average molecular weight is 471 g/mol. The van der Waals surface area contributed by atoms with Crippen LogP contribution in [0.4, 0.5) is 10.1 Å². The summed E-state index contributed by atoms with van der Waals surface area (Å²) >= 11 is 6.17. The molecular weight excluding hydrogens is 447 g/mol. The van der Waals surface area contributed by atoms with Crippen LogP contribution in [0.2, 0.25) is 5.02 Å². The van der Waals surface area contributed by atoms with Crippen LogP contribution in [0.5, 0.6) is 17.2 Å². The van der Waals surface area contributed by atoms with Gasteiger partial charge in [-0.05, 0) is 36.4 Å². The van der Waals surface area contributed by atoms with Crippen molar-refractivity contribution in [3.8, 4) is 17.2 Å². The fourth-order valence-electron chi connectivity index (χ4n) is 3.44. The molecule has 4 rings (SSSR count). The van der Waals surface area contributed by atoms with Gasteiger partial charge in [0.05, 0.1) is 25.4 Å². The highest BCUT2D eigenvalue weighted by Crippen LogP contribution is 2.36. The number of ether oxygens (including phenoxy) is 3. The summed E-state index contributed by atoms with van der Waals surface area (Å²) in [6.07, 6.45) is 0. The summed E-state index contributed by atoms with van der Waals surface area (Å²) in [5, 5.41) is 3.32. The Labute approximate surface area is 196 Å². The number of hydrogen-bond acceptors (Lipinski definition) is 5. The van der Waals surface area contributed by atoms with Gasteiger partial charge in [-0.2, -0.15) is 0 Å². The van der Waals surface area contributed by atoms with E-state index in [-0.39, 0.29) is 24.8 Å². The van der Waals surface area contributed by atoms with Crippen LogP contribution in [0.25, 0.3) is 0 Å². The molecule has 1 amide bonds. The van der Waals surface area contributed by atoms with Crippen molar-refractivity contribution >= 4 is 23.2 Å². The first kappa shape index (κ1) is 23.0. The lowest BCUT2D eigenvalue weighted by molar-refractivity contribution is -0.117. The largest absolute Gasteiger partial charge is 0.487 e. The number of halogens is 2. The van der Waals surface area contributed by atoms with E-state index in [0.717, 1.165) is 0 Å². The number of fused-ring (bicyclic) bond motifs is 2. The molecule has 0 fully saturated rings. The first-order valence-corrected chi connectivity index (χ1v) is 11.0. The molecule has 172 valence electrons. The van der Waals surface area contributed by atoms with Gasteiger partial charge >= 0.3 is 0 Å². The van der Waals surface area contributed by atoms with E-state index >= 15 is 0 Å². The molecule has 0 saturated heterocycles. The lowest BCUT2D eigenvalue weighted by Gasteiger charge is -2.22. The van der Waals surface area contributed by atoms with Crippen LogP contribution in [-0.2, 0) is 16.1 Å². The highest BCUT2D eigenvalue weighted by Gasteiger charge is 2.17. The minimum absolute atomic E-state index is 0.0384. The second-order valence-electron chi connectivity index (χ2n) is 7.50. The second kappa shape index (κ2) is 11.1. The zero-order valence-corrected chi connectivity index (χ0v) is 18.7. The fourth-order valence-corrected chi connectivity index (χ4v) is 3.61. The molecule has 6 nitrogen and oxygen atoms in total. The van der Waals surface area contributed by atoms with Gasteiger partial charge < -0.3 is 19.5 Å². The molecule has 8 heteroatoms. The normalized spacial score (nSPS) is 15.6. The SMILES string of the molecule is O=C1CN(Cc2ccccc2F)CCOCCOc2ccccc2Oc2ccc(Cl)cc2N1. The topological polar surface area (TPSA) is 60.0 Å². The number of rotatable bonds is 2. The van der Waals surface area contributed by atoms with Gasteiger partial charge in [0.2, 0.25) is 5.91 Å². The number of anilines is 1. The van der Waals surface area contributed by atoms with Crippen molar-refractivity contribution in [2.45, 2.75) is 6.54 Å². The Morgan fingerprint density at radius 2 is 1.73 bits per heavy atom. The van der Waals surface area contributed by atoms with E-state index in [9.17, 15) is 9.18 Å². The summed E-state index contributed by atoms with van der Waals surface area (Å²) in [6.45, 7) is 1.81. The number of benzene rings is 3. The van der Waals surface area contributed by atoms with E-state index in [4.69, 9.17) is 25.8 Å². The molecule has 0 bridgehead atoms. The maximum Gasteiger partial charge on any atom is 0.238 e. The van der Waals surface area contributed by atoms with Crippen LogP contribution in [0.15, 0.2) is 66.7 Å². The third-order valence-electron chi connectivity index (χ3n) is 5.04. The van der Waals surface area contributed by atoms with Crippen LogP contribution in [-0.4, -0.2) is 43.7 Å². The van der Waals surface area contributed by atoms with Crippen molar-refractivity contribution in [2.24, 2.45) is 0 Å². The predicted octanol–water partition coefficient (Wildman–Crippen LogP) is 5.12. The summed E-state index contributed by atoms with van der Waals surface area (Å²) in [5.41, 5.74) is 0.938. The van der Waals surface area contributed by atoms with Gasteiger partial charge in [0.1, 0.15) is 12.4 Å². The quantitative estimate of drug-likeness (QED) is 0.563. The molecule has 1 aliphatic heterocycles. The zero-order chi connectivity index (χ0) is 23.0. The maximum absolute atomic E-state index is 14.2. The molecule has 3 aromatic carbocycles. The Kier molecular flexibility index (Phi) is 7.78. The Bertz CT molecular complexity index is 1110. The Hall–Kier alpha value is -3.13. The van der Waals surface area contributed by atoms with Gasteiger partial charge in [0.25, 0.3) is 0 Å². The summed E-state index contributed by atoms with van der Waals surface area (Å²) in [4.78, 5) is 14.7. The number of carbonyl (C=O) groups is 1. The first-order chi connectivity index (χ1) is 16.1. The van der Waals surface area contributed by atoms with Crippen molar-refractivity contribution in [3.05, 3.63) is 83.1 Å². The lowest BCUT2D eigenvalue weighted by atomic mass is 10.2. The standard InChI is InChI=1S/C25H24ClFN2O4/c26-19-9-10-22-21(15-19)28-25(30)17-29(16-18-5-1-2-6-20(18)27)11-12-31-13-14-32-23-7-3-4-8-24(23)33-22/h1-10,15H,11-14,16-17H2,(H,28,30). The fraction of sp³-hybridized carbons (Fsp3) is 0.240. The molecule has 0 aliphatic carbocycles. The van der Waals surface area contributed by atoms with Gasteiger partial charge in [-0.1, -0.05) is 41.9 Å². The molecule has 1 aliphatic rings. The number of carbonyl (C=O) groups excluding carboxylic acids is 1. The van der Waals surface area contributed by atoms with E-state index in [1.807, 2.05) is 17.0 Å². The van der Waals surface area contributed by atoms with Gasteiger partial charge in [0, 0.05) is 23.7 Å². The van der Waals surface area contributed by atoms with Crippen molar-refractivity contribution in [2.75, 3.05) is 38.2 Å². The molecule has 0 spiro atoms. The minimum atomic E-state index is -0.314. The highest BCUT2D eigenvalue weighted by atomic mass is 35.5. The van der Waals surface area contributed by atoms with Crippen molar-refractivity contribution in [1.82, 2.24) is 4.90 Å². The third kappa shape index (κ3) is 6.44. The second-order valence-corrected chi connectivity index (χ2v) is 7.94. The van der Waals surface area contributed by atoms with Crippen LogP contribution in [0.1, 0.15) is 5.56 Å². The summed E-state index contributed by atoms with van der Waals surface area (Å²) in [7, 11) is 0. The van der Waals surface area contributed by atoms with E-state index in [1.54, 1.807) is 48.5 Å². The van der Waals surface area contributed by atoms with E-state index in [2.05, 4.69) is 5.32 Å². The lowest BCUT2D eigenvalue weighted by Crippen LogP contribution is -2.35. The molecule has 33 heavy (non-hydrogen) atoms. The van der Waals surface area contributed by atoms with Crippen molar-refractivity contribution in [3.63, 3.8) is 0 Å². The van der Waals surface area contributed by atoms with Crippen molar-refractivity contribution in [1.29, 1.82) is 0 Å². The van der Waals surface area contributed by atoms with Gasteiger partial charge in [-0.25, -0.2) is 4.39 Å². The Balaban J connectivity index is 1.59. The molecule has 0 atom stereocenters. The first-order valence-electron chi connectivity index (χ1n) is 10.6. The summed E-state index contributed by atoms with van der Waals surface area (Å²) in [5.74, 6) is 0.899. The summed E-state index contributed by atoms with van der Waals surface area (Å²) < 4.78 is 31.8. The molecule has 0 radical (unpaired) electrons. The number of hydrogen-bond donors (Lipinski definition) is 1. The van der Waals surface area contributed by atoms with Crippen LogP contribution in [0, 0.1) is 5.82 Å². The van der Waals surface area contributed by atoms with E-state index in [0.29, 0.717) is 59.9 Å². The smallest absolute Gasteiger partial charge is 0.238 e. The molecule has 1 N–H and O–H groups in total. The molecule has 0 aromatic heterocycles. The Morgan fingerprint density at radius 1 is 0.939 bits per heavy atom. The third-order valence-corrected chi connectivity index (χ3v) is 5.28. The van der Waals surface area contributed by atoms with Gasteiger partial charge in [-0.3, -0.25) is 9.69 Å².